The lowest BCUT2D eigenvalue weighted by molar-refractivity contribution is -0.146. The van der Waals surface area contributed by atoms with Gasteiger partial charge >= 0.3 is 11.9 Å². The van der Waals surface area contributed by atoms with Crippen LogP contribution in [0.2, 0.25) is 0 Å². The number of hydrogen-bond acceptors (Lipinski definition) is 8. The molecule has 0 aliphatic rings. The SMILES string of the molecule is CCC(S)CC(=O)OCCCOC(=O)CC(S)CC.OCCO. The average Bonchev–Trinajstić information content (AvgIpc) is 2.54. The molecule has 0 aromatic carbocycles. The molecule has 0 bridgehead atoms. The van der Waals surface area contributed by atoms with Crippen LogP contribution in [0.3, 0.4) is 0 Å². The predicted octanol–water partition coefficient (Wildman–Crippen LogP) is 1.63. The van der Waals surface area contributed by atoms with Crippen LogP contribution in [0.4, 0.5) is 0 Å². The fourth-order valence-electron chi connectivity index (χ4n) is 1.22. The Hall–Kier alpha value is -0.440. The first-order chi connectivity index (χ1) is 10.9. The highest BCUT2D eigenvalue weighted by atomic mass is 32.1. The van der Waals surface area contributed by atoms with E-state index in [0.717, 1.165) is 12.8 Å². The standard InChI is InChI=1S/C13H24O4S2.C2H6O2/c1-3-10(18)8-12(14)16-6-5-7-17-13(15)9-11(19)4-2;3-1-2-4/h10-11,18-19H,3-9H2,1-2H3;3-4H,1-2H2. The van der Waals surface area contributed by atoms with Gasteiger partial charge in [-0.3, -0.25) is 9.59 Å². The summed E-state index contributed by atoms with van der Waals surface area (Å²) in [5, 5.41) is 15.3. The summed E-state index contributed by atoms with van der Waals surface area (Å²) in [5.74, 6) is -0.510. The summed E-state index contributed by atoms with van der Waals surface area (Å²) in [7, 11) is 0. The van der Waals surface area contributed by atoms with Gasteiger partial charge < -0.3 is 19.7 Å². The Morgan fingerprint density at radius 1 is 0.870 bits per heavy atom. The number of carbonyl (C=O) groups excluding carboxylic acids is 2. The molecule has 23 heavy (non-hydrogen) atoms. The summed E-state index contributed by atoms with van der Waals surface area (Å²) >= 11 is 8.45. The number of ether oxygens (including phenoxy) is 2. The van der Waals surface area contributed by atoms with Crippen LogP contribution in [0.15, 0.2) is 0 Å². The Morgan fingerprint density at radius 3 is 1.48 bits per heavy atom. The first-order valence-electron chi connectivity index (χ1n) is 7.80. The molecular formula is C15H30O6S2. The van der Waals surface area contributed by atoms with E-state index in [2.05, 4.69) is 25.3 Å². The van der Waals surface area contributed by atoms with Crippen LogP contribution in [0.5, 0.6) is 0 Å². The van der Waals surface area contributed by atoms with Gasteiger partial charge in [-0.05, 0) is 12.8 Å². The van der Waals surface area contributed by atoms with E-state index in [0.29, 0.717) is 19.3 Å². The van der Waals surface area contributed by atoms with Gasteiger partial charge in [-0.15, -0.1) is 0 Å². The highest BCUT2D eigenvalue weighted by molar-refractivity contribution is 7.81. The minimum atomic E-state index is -0.255. The smallest absolute Gasteiger partial charge is 0.306 e. The molecule has 0 spiro atoms. The molecule has 0 amide bonds. The van der Waals surface area contributed by atoms with Crippen LogP contribution in [-0.4, -0.2) is 59.1 Å². The Labute approximate surface area is 149 Å². The van der Waals surface area contributed by atoms with Crippen molar-refractivity contribution in [2.45, 2.75) is 56.5 Å². The monoisotopic (exact) mass is 370 g/mol. The van der Waals surface area contributed by atoms with Crippen LogP contribution < -0.4 is 0 Å². The second-order valence-corrected chi connectivity index (χ2v) is 6.23. The third kappa shape index (κ3) is 19.5. The lowest BCUT2D eigenvalue weighted by atomic mass is 10.2. The van der Waals surface area contributed by atoms with Gasteiger partial charge in [0.2, 0.25) is 0 Å². The zero-order valence-corrected chi connectivity index (χ0v) is 15.7. The van der Waals surface area contributed by atoms with Crippen molar-refractivity contribution in [1.82, 2.24) is 0 Å². The summed E-state index contributed by atoms with van der Waals surface area (Å²) < 4.78 is 10.0. The number of esters is 2. The summed E-state index contributed by atoms with van der Waals surface area (Å²) in [6, 6.07) is 0. The molecule has 0 fully saturated rings. The number of thiol groups is 2. The van der Waals surface area contributed by atoms with Gasteiger partial charge in [-0.25, -0.2) is 0 Å². The Bertz CT molecular complexity index is 274. The van der Waals surface area contributed by atoms with E-state index in [9.17, 15) is 9.59 Å². The molecule has 2 atom stereocenters. The zero-order valence-electron chi connectivity index (χ0n) is 13.9. The third-order valence-corrected chi connectivity index (χ3v) is 3.76. The molecule has 2 unspecified atom stereocenters. The number of carbonyl (C=O) groups is 2. The van der Waals surface area contributed by atoms with Crippen molar-refractivity contribution >= 4 is 37.2 Å². The average molecular weight is 371 g/mol. The maximum atomic E-state index is 11.3. The molecule has 0 aromatic heterocycles. The van der Waals surface area contributed by atoms with E-state index in [1.807, 2.05) is 13.8 Å². The van der Waals surface area contributed by atoms with Crippen LogP contribution in [0.25, 0.3) is 0 Å². The summed E-state index contributed by atoms with van der Waals surface area (Å²) in [4.78, 5) is 22.6. The van der Waals surface area contributed by atoms with Gasteiger partial charge in [0.05, 0.1) is 39.3 Å². The van der Waals surface area contributed by atoms with E-state index >= 15 is 0 Å². The molecular weight excluding hydrogens is 340 g/mol. The molecule has 6 nitrogen and oxygen atoms in total. The van der Waals surface area contributed by atoms with Gasteiger partial charge in [-0.2, -0.15) is 25.3 Å². The van der Waals surface area contributed by atoms with Crippen LogP contribution in [0, 0.1) is 0 Å². The fourth-order valence-corrected chi connectivity index (χ4v) is 1.52. The summed E-state index contributed by atoms with van der Waals surface area (Å²) in [6.07, 6.45) is 2.81. The van der Waals surface area contributed by atoms with Crippen molar-refractivity contribution in [3.05, 3.63) is 0 Å². The number of hydrogen-bond donors (Lipinski definition) is 4. The topological polar surface area (TPSA) is 93.1 Å². The van der Waals surface area contributed by atoms with E-state index in [-0.39, 0.29) is 48.9 Å². The summed E-state index contributed by atoms with van der Waals surface area (Å²) in [6.45, 7) is 4.23. The summed E-state index contributed by atoms with van der Waals surface area (Å²) in [5.41, 5.74) is 0. The van der Waals surface area contributed by atoms with Gasteiger partial charge in [0.15, 0.2) is 0 Å². The Morgan fingerprint density at radius 2 is 1.22 bits per heavy atom. The molecule has 0 aliphatic carbocycles. The highest BCUT2D eigenvalue weighted by Crippen LogP contribution is 2.08. The first-order valence-corrected chi connectivity index (χ1v) is 8.83. The van der Waals surface area contributed by atoms with Gasteiger partial charge in [-0.1, -0.05) is 13.8 Å². The van der Waals surface area contributed by atoms with Gasteiger partial charge in [0.25, 0.3) is 0 Å². The lowest BCUT2D eigenvalue weighted by Crippen LogP contribution is -2.15. The normalized spacial score (nSPS) is 12.6. The van der Waals surface area contributed by atoms with Crippen molar-refractivity contribution in [2.75, 3.05) is 26.4 Å². The molecule has 8 heteroatoms. The van der Waals surface area contributed by atoms with Crippen molar-refractivity contribution in [2.24, 2.45) is 0 Å². The second-order valence-electron chi connectivity index (χ2n) is 4.77. The third-order valence-electron chi connectivity index (χ3n) is 2.66. The molecule has 0 heterocycles. The molecule has 0 aromatic rings. The number of aliphatic hydroxyl groups is 2. The largest absolute Gasteiger partial charge is 0.466 e. The minimum absolute atomic E-state index is 0.0479. The van der Waals surface area contributed by atoms with Crippen LogP contribution >= 0.6 is 25.3 Å². The highest BCUT2D eigenvalue weighted by Gasteiger charge is 2.10. The maximum Gasteiger partial charge on any atom is 0.306 e. The molecule has 0 rings (SSSR count). The van der Waals surface area contributed by atoms with Gasteiger partial charge in [0, 0.05) is 16.9 Å². The van der Waals surface area contributed by atoms with E-state index in [1.54, 1.807) is 0 Å². The molecule has 2 N–H and O–H groups in total. The predicted molar refractivity (Wildman–Crippen MR) is 96.1 cm³/mol. The van der Waals surface area contributed by atoms with Crippen molar-refractivity contribution in [3.8, 4) is 0 Å². The van der Waals surface area contributed by atoms with Gasteiger partial charge in [0.1, 0.15) is 0 Å². The van der Waals surface area contributed by atoms with Crippen molar-refractivity contribution in [3.63, 3.8) is 0 Å². The molecule has 0 saturated carbocycles. The van der Waals surface area contributed by atoms with E-state index in [1.165, 1.54) is 0 Å². The first kappa shape index (κ1) is 24.8. The molecule has 0 aliphatic heterocycles. The number of rotatable bonds is 11. The molecule has 0 radical (unpaired) electrons. The quantitative estimate of drug-likeness (QED) is 0.251. The Kier molecular flexibility index (Phi) is 19.3. The van der Waals surface area contributed by atoms with Crippen LogP contribution in [0.1, 0.15) is 46.0 Å². The van der Waals surface area contributed by atoms with E-state index in [4.69, 9.17) is 19.7 Å². The second kappa shape index (κ2) is 17.9. The fraction of sp³-hybridized carbons (Fsp3) is 0.867. The van der Waals surface area contributed by atoms with E-state index < -0.39 is 0 Å². The van der Waals surface area contributed by atoms with Crippen molar-refractivity contribution in [1.29, 1.82) is 0 Å². The molecule has 138 valence electrons. The van der Waals surface area contributed by atoms with Crippen LogP contribution in [-0.2, 0) is 19.1 Å². The molecule has 0 saturated heterocycles. The minimum Gasteiger partial charge on any atom is -0.466 e. The lowest BCUT2D eigenvalue weighted by Gasteiger charge is -2.09. The number of aliphatic hydroxyl groups excluding tert-OH is 2. The Balaban J connectivity index is 0. The zero-order chi connectivity index (χ0) is 18.1. The van der Waals surface area contributed by atoms with Crippen molar-refractivity contribution < 1.29 is 29.3 Å². The maximum absolute atomic E-state index is 11.3.